The highest BCUT2D eigenvalue weighted by Gasteiger charge is 2.39. The molecular formula is C33H70N2O6. The zero-order valence-electron chi connectivity index (χ0n) is 29.6. The summed E-state index contributed by atoms with van der Waals surface area (Å²) in [6.45, 7) is 33.3. The summed E-state index contributed by atoms with van der Waals surface area (Å²) in [4.78, 5) is 0. The van der Waals surface area contributed by atoms with E-state index in [0.29, 0.717) is 52.7 Å². The molecule has 248 valence electrons. The molecule has 0 heterocycles. The van der Waals surface area contributed by atoms with Gasteiger partial charge >= 0.3 is 0 Å². The smallest absolute Gasteiger partial charge is 0.0648 e. The predicted octanol–water partition coefficient (Wildman–Crippen LogP) is 6.26. The van der Waals surface area contributed by atoms with E-state index in [0.717, 1.165) is 25.7 Å². The number of rotatable bonds is 22. The Kier molecular flexibility index (Phi) is 16.5. The van der Waals surface area contributed by atoms with Gasteiger partial charge in [-0.2, -0.15) is 0 Å². The fourth-order valence-electron chi connectivity index (χ4n) is 3.82. The molecule has 0 aliphatic rings. The fourth-order valence-corrected chi connectivity index (χ4v) is 3.82. The van der Waals surface area contributed by atoms with Gasteiger partial charge in [-0.1, -0.05) is 0 Å². The van der Waals surface area contributed by atoms with Crippen LogP contribution < -0.4 is 11.5 Å². The third-order valence-electron chi connectivity index (χ3n) is 7.05. The van der Waals surface area contributed by atoms with Crippen LogP contribution in [0.15, 0.2) is 0 Å². The molecule has 41 heavy (non-hydrogen) atoms. The van der Waals surface area contributed by atoms with Crippen LogP contribution in [0.2, 0.25) is 0 Å². The molecule has 0 spiro atoms. The third kappa shape index (κ3) is 21.1. The van der Waals surface area contributed by atoms with Gasteiger partial charge in [0.15, 0.2) is 0 Å². The fraction of sp³-hybridized carbons (Fsp3) is 1.00. The van der Waals surface area contributed by atoms with E-state index < -0.39 is 16.6 Å². The van der Waals surface area contributed by atoms with Crippen LogP contribution >= 0.6 is 0 Å². The van der Waals surface area contributed by atoms with Crippen LogP contribution in [-0.4, -0.2) is 86.3 Å². The standard InChI is InChI=1S/C33H70N2O6/c1-27(2,3)38-23-33(24-39-28(4,5)6,25-40-31(11,12)17-21-36-29(7,8)15-19-34)26-41-32(13,14)18-22-37-30(9,10)16-20-35/h15-26,34-35H2,1-14H3. The average Bonchev–Trinajstić information content (AvgIpc) is 2.76. The van der Waals surface area contributed by atoms with E-state index in [9.17, 15) is 0 Å². The molecule has 4 N–H and O–H groups in total. The van der Waals surface area contributed by atoms with Crippen molar-refractivity contribution in [2.75, 3.05) is 52.7 Å². The minimum atomic E-state index is -0.519. The van der Waals surface area contributed by atoms with Gasteiger partial charge in [0, 0.05) is 0 Å². The lowest BCUT2D eigenvalue weighted by atomic mass is 9.90. The minimum absolute atomic E-state index is 0.252. The Morgan fingerprint density at radius 2 is 0.634 bits per heavy atom. The first-order valence-corrected chi connectivity index (χ1v) is 15.6. The highest BCUT2D eigenvalue weighted by molar-refractivity contribution is 4.86. The van der Waals surface area contributed by atoms with Gasteiger partial charge in [-0.05, 0) is 136 Å². The Balaban J connectivity index is 5.71. The lowest BCUT2D eigenvalue weighted by Crippen LogP contribution is -2.48. The monoisotopic (exact) mass is 591 g/mol. The van der Waals surface area contributed by atoms with Crippen LogP contribution in [0.25, 0.3) is 0 Å². The Morgan fingerprint density at radius 1 is 0.366 bits per heavy atom. The van der Waals surface area contributed by atoms with Gasteiger partial charge in [0.2, 0.25) is 0 Å². The van der Waals surface area contributed by atoms with Crippen LogP contribution in [0, 0.1) is 5.41 Å². The molecule has 0 amide bonds. The van der Waals surface area contributed by atoms with Gasteiger partial charge in [-0.3, -0.25) is 0 Å². The van der Waals surface area contributed by atoms with E-state index in [4.69, 9.17) is 39.9 Å². The van der Waals surface area contributed by atoms with Crippen molar-refractivity contribution in [2.45, 2.75) is 156 Å². The number of ether oxygens (including phenoxy) is 6. The van der Waals surface area contributed by atoms with Crippen molar-refractivity contribution in [3.8, 4) is 0 Å². The van der Waals surface area contributed by atoms with Crippen molar-refractivity contribution in [1.82, 2.24) is 0 Å². The quantitative estimate of drug-likeness (QED) is 0.152. The Labute approximate surface area is 254 Å². The molecule has 0 atom stereocenters. The second kappa shape index (κ2) is 16.7. The molecule has 0 rings (SSSR count). The molecule has 0 aliphatic heterocycles. The van der Waals surface area contributed by atoms with E-state index >= 15 is 0 Å². The van der Waals surface area contributed by atoms with Gasteiger partial charge in [-0.25, -0.2) is 0 Å². The van der Waals surface area contributed by atoms with E-state index in [1.807, 2.05) is 0 Å². The maximum absolute atomic E-state index is 6.64. The lowest BCUT2D eigenvalue weighted by molar-refractivity contribution is -0.190. The van der Waals surface area contributed by atoms with E-state index in [2.05, 4.69) is 96.9 Å². The van der Waals surface area contributed by atoms with E-state index in [1.54, 1.807) is 0 Å². The second-order valence-electron chi connectivity index (χ2n) is 16.2. The van der Waals surface area contributed by atoms with Gasteiger partial charge in [-0.15, -0.1) is 0 Å². The highest BCUT2D eigenvalue weighted by atomic mass is 16.5. The van der Waals surface area contributed by atoms with Gasteiger partial charge < -0.3 is 39.9 Å². The molecule has 0 saturated heterocycles. The molecule has 0 saturated carbocycles. The number of hydrogen-bond acceptors (Lipinski definition) is 8. The summed E-state index contributed by atoms with van der Waals surface area (Å²) in [5.74, 6) is 0. The van der Waals surface area contributed by atoms with Crippen molar-refractivity contribution >= 4 is 0 Å². The Hall–Kier alpha value is -0.320. The van der Waals surface area contributed by atoms with Gasteiger partial charge in [0.05, 0.1) is 78.7 Å². The topological polar surface area (TPSA) is 107 Å². The molecule has 0 aromatic heterocycles. The summed E-state index contributed by atoms with van der Waals surface area (Å²) in [6, 6.07) is 0. The van der Waals surface area contributed by atoms with Crippen LogP contribution in [-0.2, 0) is 28.4 Å². The van der Waals surface area contributed by atoms with E-state index in [1.165, 1.54) is 0 Å². The van der Waals surface area contributed by atoms with E-state index in [-0.39, 0.29) is 22.4 Å². The SMILES string of the molecule is CC(C)(C)OCC(COC(C)(C)C)(COC(C)(C)CCOC(C)(C)CCN)COC(C)(C)CCOC(C)(C)CCN. The summed E-state index contributed by atoms with van der Waals surface area (Å²) < 4.78 is 38.3. The lowest BCUT2D eigenvalue weighted by Gasteiger charge is -2.41. The normalized spacial score (nSPS) is 14.6. The van der Waals surface area contributed by atoms with Crippen molar-refractivity contribution < 1.29 is 28.4 Å². The maximum atomic E-state index is 6.64. The minimum Gasteiger partial charge on any atom is -0.375 e. The van der Waals surface area contributed by atoms with Gasteiger partial charge in [0.1, 0.15) is 0 Å². The molecule has 0 fully saturated rings. The first-order valence-electron chi connectivity index (χ1n) is 15.6. The molecule has 8 nitrogen and oxygen atoms in total. The molecule has 8 heteroatoms. The number of hydrogen-bond donors (Lipinski definition) is 2. The summed E-state index contributed by atoms with van der Waals surface area (Å²) in [5, 5.41) is 0. The molecule has 0 aromatic rings. The third-order valence-corrected chi connectivity index (χ3v) is 7.05. The van der Waals surface area contributed by atoms with Gasteiger partial charge in [0.25, 0.3) is 0 Å². The summed E-state index contributed by atoms with van der Waals surface area (Å²) in [6.07, 6.45) is 3.13. The predicted molar refractivity (Wildman–Crippen MR) is 171 cm³/mol. The van der Waals surface area contributed by atoms with Crippen molar-refractivity contribution in [3.05, 3.63) is 0 Å². The average molecular weight is 591 g/mol. The summed E-state index contributed by atoms with van der Waals surface area (Å²) in [5.41, 5.74) is 9.02. The number of nitrogens with two attached hydrogens (primary N) is 2. The molecule has 0 aliphatic carbocycles. The summed E-state index contributed by atoms with van der Waals surface area (Å²) in [7, 11) is 0. The molecule has 0 bridgehead atoms. The van der Waals surface area contributed by atoms with Crippen LogP contribution in [0.1, 0.15) is 123 Å². The molecule has 0 unspecified atom stereocenters. The highest BCUT2D eigenvalue weighted by Crippen LogP contribution is 2.31. The van der Waals surface area contributed by atoms with Crippen molar-refractivity contribution in [3.63, 3.8) is 0 Å². The Morgan fingerprint density at radius 3 is 0.902 bits per heavy atom. The first kappa shape index (κ1) is 40.7. The largest absolute Gasteiger partial charge is 0.375 e. The zero-order valence-corrected chi connectivity index (χ0v) is 29.6. The molecule has 0 aromatic carbocycles. The van der Waals surface area contributed by atoms with Crippen molar-refractivity contribution in [2.24, 2.45) is 16.9 Å². The Bertz CT molecular complexity index is 647. The second-order valence-corrected chi connectivity index (χ2v) is 16.2. The van der Waals surface area contributed by atoms with Crippen molar-refractivity contribution in [1.29, 1.82) is 0 Å². The maximum Gasteiger partial charge on any atom is 0.0648 e. The zero-order chi connectivity index (χ0) is 32.2. The van der Waals surface area contributed by atoms with Crippen LogP contribution in [0.5, 0.6) is 0 Å². The molecular weight excluding hydrogens is 520 g/mol. The summed E-state index contributed by atoms with van der Waals surface area (Å²) >= 11 is 0. The first-order chi connectivity index (χ1) is 18.4. The van der Waals surface area contributed by atoms with Crippen LogP contribution in [0.3, 0.4) is 0 Å². The van der Waals surface area contributed by atoms with Crippen LogP contribution in [0.4, 0.5) is 0 Å². The molecule has 0 radical (unpaired) electrons.